The third-order valence-corrected chi connectivity index (χ3v) is 5.91. The number of nitrogens with zero attached hydrogens (tertiary/aromatic N) is 3. The van der Waals surface area contributed by atoms with Gasteiger partial charge in [0.15, 0.2) is 0 Å². The lowest BCUT2D eigenvalue weighted by Gasteiger charge is -2.31. The number of halogens is 1. The van der Waals surface area contributed by atoms with Crippen LogP contribution in [0.15, 0.2) is 53.1 Å². The number of benzene rings is 2. The maximum absolute atomic E-state index is 14.0. The van der Waals surface area contributed by atoms with Gasteiger partial charge in [-0.3, -0.25) is 4.79 Å². The summed E-state index contributed by atoms with van der Waals surface area (Å²) in [6, 6.07) is 13.9. The van der Waals surface area contributed by atoms with Gasteiger partial charge in [0.1, 0.15) is 17.3 Å². The highest BCUT2D eigenvalue weighted by molar-refractivity contribution is 5.98. The molecule has 32 heavy (non-hydrogen) atoms. The van der Waals surface area contributed by atoms with Gasteiger partial charge in [0.2, 0.25) is 11.7 Å². The van der Waals surface area contributed by atoms with Gasteiger partial charge in [-0.25, -0.2) is 4.39 Å². The van der Waals surface area contributed by atoms with E-state index >= 15 is 0 Å². The molecule has 1 fully saturated rings. The topological polar surface area (TPSA) is 84.2 Å². The molecule has 0 saturated carbocycles. The molecule has 4 aromatic rings. The number of methoxy groups -OCH3 is 1. The zero-order chi connectivity index (χ0) is 22.1. The van der Waals surface area contributed by atoms with E-state index in [0.29, 0.717) is 36.7 Å². The lowest BCUT2D eigenvalue weighted by Crippen LogP contribution is -2.40. The molecule has 8 heteroatoms. The van der Waals surface area contributed by atoms with Crippen LogP contribution in [-0.2, 0) is 6.42 Å². The molecule has 164 valence electrons. The number of amides is 1. The Morgan fingerprint density at radius 3 is 3.00 bits per heavy atom. The fourth-order valence-electron chi connectivity index (χ4n) is 4.27. The average molecular weight is 434 g/mol. The van der Waals surface area contributed by atoms with Gasteiger partial charge < -0.3 is 19.1 Å². The maximum Gasteiger partial charge on any atom is 0.270 e. The number of fused-ring (bicyclic) bond motifs is 1. The summed E-state index contributed by atoms with van der Waals surface area (Å²) in [5.74, 6) is 1.24. The summed E-state index contributed by atoms with van der Waals surface area (Å²) in [7, 11) is 1.62. The molecule has 2 aromatic carbocycles. The number of piperidine rings is 1. The van der Waals surface area contributed by atoms with Crippen LogP contribution < -0.4 is 4.74 Å². The smallest absolute Gasteiger partial charge is 0.270 e. The van der Waals surface area contributed by atoms with E-state index in [0.717, 1.165) is 29.5 Å². The van der Waals surface area contributed by atoms with E-state index in [2.05, 4.69) is 15.1 Å². The van der Waals surface area contributed by atoms with Gasteiger partial charge in [0.25, 0.3) is 5.91 Å². The van der Waals surface area contributed by atoms with Crippen molar-refractivity contribution in [1.82, 2.24) is 20.0 Å². The molecule has 1 atom stereocenters. The van der Waals surface area contributed by atoms with Crippen molar-refractivity contribution in [3.63, 3.8) is 0 Å². The summed E-state index contributed by atoms with van der Waals surface area (Å²) >= 11 is 0. The average Bonchev–Trinajstić information content (AvgIpc) is 3.45. The minimum Gasteiger partial charge on any atom is -0.497 e. The molecule has 2 aromatic heterocycles. The molecule has 3 heterocycles. The van der Waals surface area contributed by atoms with Crippen molar-refractivity contribution in [3.05, 3.63) is 65.9 Å². The van der Waals surface area contributed by atoms with Crippen molar-refractivity contribution in [3.8, 4) is 17.1 Å². The molecule has 1 saturated heterocycles. The second-order valence-electron chi connectivity index (χ2n) is 8.09. The second-order valence-corrected chi connectivity index (χ2v) is 8.09. The van der Waals surface area contributed by atoms with E-state index in [4.69, 9.17) is 9.26 Å². The minimum absolute atomic E-state index is 0.0255. The van der Waals surface area contributed by atoms with E-state index in [1.165, 1.54) is 6.07 Å². The highest BCUT2D eigenvalue weighted by Gasteiger charge is 2.27. The van der Waals surface area contributed by atoms with Crippen LogP contribution in [0.2, 0.25) is 0 Å². The number of hydrogen-bond acceptors (Lipinski definition) is 5. The highest BCUT2D eigenvalue weighted by Crippen LogP contribution is 2.26. The summed E-state index contributed by atoms with van der Waals surface area (Å²) in [6.07, 6.45) is 2.42. The van der Waals surface area contributed by atoms with Crippen molar-refractivity contribution in [2.24, 2.45) is 5.92 Å². The molecule has 0 aliphatic carbocycles. The number of hydrogen-bond donors (Lipinski definition) is 1. The lowest BCUT2D eigenvalue weighted by atomic mass is 9.94. The van der Waals surface area contributed by atoms with Gasteiger partial charge in [0.05, 0.1) is 12.7 Å². The van der Waals surface area contributed by atoms with E-state index in [-0.39, 0.29) is 23.5 Å². The Bertz CT molecular complexity index is 1270. The molecular weight excluding hydrogens is 411 g/mol. The first-order valence-electron chi connectivity index (χ1n) is 10.6. The number of aromatic nitrogens is 3. The summed E-state index contributed by atoms with van der Waals surface area (Å²) in [4.78, 5) is 22.6. The van der Waals surface area contributed by atoms with Crippen LogP contribution in [0.25, 0.3) is 22.3 Å². The largest absolute Gasteiger partial charge is 0.497 e. The van der Waals surface area contributed by atoms with E-state index < -0.39 is 0 Å². The zero-order valence-electron chi connectivity index (χ0n) is 17.7. The Hall–Kier alpha value is -3.68. The Kier molecular flexibility index (Phi) is 5.34. The van der Waals surface area contributed by atoms with Crippen molar-refractivity contribution in [2.45, 2.75) is 19.3 Å². The van der Waals surface area contributed by atoms with Gasteiger partial charge in [-0.2, -0.15) is 4.98 Å². The summed E-state index contributed by atoms with van der Waals surface area (Å²) in [6.45, 7) is 1.31. The number of rotatable bonds is 5. The van der Waals surface area contributed by atoms with E-state index in [9.17, 15) is 9.18 Å². The van der Waals surface area contributed by atoms with Gasteiger partial charge in [-0.15, -0.1) is 0 Å². The van der Waals surface area contributed by atoms with Gasteiger partial charge >= 0.3 is 0 Å². The predicted octanol–water partition coefficient (Wildman–Crippen LogP) is 4.46. The molecule has 5 rings (SSSR count). The Morgan fingerprint density at radius 2 is 2.16 bits per heavy atom. The SMILES string of the molecule is COc1ccc2cc(C(=O)N3CCCC(Cc4nc(-c5ccccc5F)no4)C3)[nH]c2c1. The molecule has 0 bridgehead atoms. The van der Waals surface area contributed by atoms with Crippen LogP contribution in [0.3, 0.4) is 0 Å². The van der Waals surface area contributed by atoms with E-state index in [1.54, 1.807) is 25.3 Å². The summed E-state index contributed by atoms with van der Waals surface area (Å²) in [5.41, 5.74) is 1.75. The van der Waals surface area contributed by atoms with Crippen LogP contribution in [0.5, 0.6) is 5.75 Å². The van der Waals surface area contributed by atoms with Gasteiger partial charge in [-0.1, -0.05) is 17.3 Å². The standard InChI is InChI=1S/C24H23FN4O3/c1-31-17-9-8-16-12-21(26-20(16)13-17)24(30)29-10-4-5-15(14-29)11-22-27-23(28-32-22)18-6-2-3-7-19(18)25/h2-3,6-9,12-13,15,26H,4-5,10-11,14H2,1H3. The molecule has 1 N–H and O–H groups in total. The number of carbonyl (C=O) groups is 1. The quantitative estimate of drug-likeness (QED) is 0.501. The number of carbonyl (C=O) groups excluding carboxylic acids is 1. The maximum atomic E-state index is 14.0. The minimum atomic E-state index is -0.384. The lowest BCUT2D eigenvalue weighted by molar-refractivity contribution is 0.0663. The van der Waals surface area contributed by atoms with E-state index in [1.807, 2.05) is 29.2 Å². The molecular formula is C24H23FN4O3. The second kappa shape index (κ2) is 8.45. The third kappa shape index (κ3) is 3.95. The van der Waals surface area contributed by atoms with Crippen molar-refractivity contribution in [2.75, 3.05) is 20.2 Å². The Labute approximate surface area is 184 Å². The van der Waals surface area contributed by atoms with Crippen LogP contribution in [0, 0.1) is 11.7 Å². The van der Waals surface area contributed by atoms with Crippen molar-refractivity contribution >= 4 is 16.8 Å². The summed E-state index contributed by atoms with van der Waals surface area (Å²) < 4.78 is 24.6. The first kappa shape index (κ1) is 20.2. The first-order chi connectivity index (χ1) is 15.6. The number of aromatic amines is 1. The highest BCUT2D eigenvalue weighted by atomic mass is 19.1. The molecule has 0 radical (unpaired) electrons. The zero-order valence-corrected chi connectivity index (χ0v) is 17.7. The molecule has 1 aliphatic heterocycles. The Balaban J connectivity index is 1.28. The number of likely N-dealkylation sites (tertiary alicyclic amines) is 1. The van der Waals surface area contributed by atoms with Crippen LogP contribution in [-0.4, -0.2) is 46.1 Å². The molecule has 1 aliphatic rings. The fraction of sp³-hybridized carbons (Fsp3) is 0.292. The van der Waals surface area contributed by atoms with Crippen LogP contribution in [0.1, 0.15) is 29.2 Å². The van der Waals surface area contributed by atoms with Crippen molar-refractivity contribution in [1.29, 1.82) is 0 Å². The fourth-order valence-corrected chi connectivity index (χ4v) is 4.27. The Morgan fingerprint density at radius 1 is 1.28 bits per heavy atom. The van der Waals surface area contributed by atoms with Gasteiger partial charge in [-0.05, 0) is 49.1 Å². The monoisotopic (exact) mass is 434 g/mol. The molecule has 0 spiro atoms. The molecule has 1 unspecified atom stereocenters. The van der Waals surface area contributed by atoms with Crippen LogP contribution >= 0.6 is 0 Å². The van der Waals surface area contributed by atoms with Crippen molar-refractivity contribution < 1.29 is 18.4 Å². The molecule has 1 amide bonds. The number of nitrogens with one attached hydrogen (secondary N) is 1. The third-order valence-electron chi connectivity index (χ3n) is 5.91. The molecule has 7 nitrogen and oxygen atoms in total. The normalized spacial score (nSPS) is 16.4. The van der Waals surface area contributed by atoms with Crippen LogP contribution in [0.4, 0.5) is 4.39 Å². The first-order valence-corrected chi connectivity index (χ1v) is 10.6. The number of ether oxygens (including phenoxy) is 1. The predicted molar refractivity (Wildman–Crippen MR) is 117 cm³/mol. The summed E-state index contributed by atoms with van der Waals surface area (Å²) in [5, 5.41) is 4.90. The number of H-pyrrole nitrogens is 1. The van der Waals surface area contributed by atoms with Gasteiger partial charge in [0, 0.05) is 36.5 Å².